The Balaban J connectivity index is 1.84. The van der Waals surface area contributed by atoms with Crippen LogP contribution in [0.1, 0.15) is 86.0 Å². The molecular formula is C24H27FO2. The molecule has 0 saturated heterocycles. The van der Waals surface area contributed by atoms with Crippen molar-refractivity contribution in [3.8, 4) is 0 Å². The van der Waals surface area contributed by atoms with Crippen molar-refractivity contribution in [1.82, 2.24) is 0 Å². The zero-order valence-corrected chi connectivity index (χ0v) is 16.5. The summed E-state index contributed by atoms with van der Waals surface area (Å²) in [5.41, 5.74) is 4.17. The van der Waals surface area contributed by atoms with E-state index in [1.54, 1.807) is 18.2 Å². The normalized spacial score (nSPS) is 21.4. The van der Waals surface area contributed by atoms with Crippen LogP contribution in [-0.4, -0.2) is 11.1 Å². The van der Waals surface area contributed by atoms with E-state index in [2.05, 4.69) is 33.8 Å². The Morgan fingerprint density at radius 2 is 1.37 bits per heavy atom. The van der Waals surface area contributed by atoms with Gasteiger partial charge in [0.1, 0.15) is 5.82 Å². The Morgan fingerprint density at radius 3 is 1.85 bits per heavy atom. The lowest BCUT2D eigenvalue weighted by molar-refractivity contribution is 0.0697. The molecule has 0 unspecified atom stereocenters. The van der Waals surface area contributed by atoms with Crippen LogP contribution in [-0.2, 0) is 16.2 Å². The van der Waals surface area contributed by atoms with Gasteiger partial charge in [-0.15, -0.1) is 0 Å². The van der Waals surface area contributed by atoms with E-state index in [1.165, 1.54) is 5.56 Å². The molecule has 1 N–H and O–H groups in total. The highest BCUT2D eigenvalue weighted by Gasteiger charge is 2.49. The van der Waals surface area contributed by atoms with Crippen molar-refractivity contribution in [2.45, 2.75) is 69.6 Å². The first-order chi connectivity index (χ1) is 12.6. The third-order valence-electron chi connectivity index (χ3n) is 6.89. The first-order valence-corrected chi connectivity index (χ1v) is 9.76. The molecule has 0 radical (unpaired) electrons. The van der Waals surface area contributed by atoms with E-state index >= 15 is 4.39 Å². The maximum Gasteiger partial charge on any atom is 0.335 e. The van der Waals surface area contributed by atoms with Gasteiger partial charge in [-0.05, 0) is 77.0 Å². The fraction of sp³-hybridized carbons (Fsp3) is 0.458. The number of carboxylic acids is 1. The van der Waals surface area contributed by atoms with Gasteiger partial charge in [0, 0.05) is 5.41 Å². The van der Waals surface area contributed by atoms with Gasteiger partial charge in [-0.1, -0.05) is 45.9 Å². The highest BCUT2D eigenvalue weighted by molar-refractivity contribution is 5.87. The summed E-state index contributed by atoms with van der Waals surface area (Å²) in [6, 6.07) is 10.8. The standard InChI is InChI=1S/C24H27FO2/c1-22(2)9-10-23(3,4)18-14-20(25)19(13-17(18)22)24(11-12-24)16-7-5-15(6-8-16)21(26)27/h5-8,13-14H,9-12H2,1-4H3,(H,26,27). The highest BCUT2D eigenvalue weighted by atomic mass is 19.1. The van der Waals surface area contributed by atoms with Crippen LogP contribution in [0.5, 0.6) is 0 Å². The summed E-state index contributed by atoms with van der Waals surface area (Å²) in [5.74, 6) is -1.06. The predicted molar refractivity (Wildman–Crippen MR) is 105 cm³/mol. The van der Waals surface area contributed by atoms with Crippen LogP contribution in [0.25, 0.3) is 0 Å². The lowest BCUT2D eigenvalue weighted by Crippen LogP contribution is -2.34. The summed E-state index contributed by atoms with van der Waals surface area (Å²) in [6.45, 7) is 8.92. The average molecular weight is 366 g/mol. The molecule has 4 rings (SSSR count). The van der Waals surface area contributed by atoms with E-state index in [0.29, 0.717) is 0 Å². The minimum Gasteiger partial charge on any atom is -0.478 e. The SMILES string of the molecule is CC1(C)CCC(C)(C)c2cc(C3(c4ccc(C(=O)O)cc4)CC3)c(F)cc21. The maximum absolute atomic E-state index is 15.3. The van der Waals surface area contributed by atoms with Crippen LogP contribution in [0.2, 0.25) is 0 Å². The zero-order valence-electron chi connectivity index (χ0n) is 16.5. The summed E-state index contributed by atoms with van der Waals surface area (Å²) in [6.07, 6.45) is 3.96. The summed E-state index contributed by atoms with van der Waals surface area (Å²) in [7, 11) is 0. The molecule has 0 aromatic heterocycles. The second-order valence-electron chi connectivity index (χ2n) is 9.61. The molecule has 2 aliphatic rings. The van der Waals surface area contributed by atoms with Gasteiger partial charge in [-0.25, -0.2) is 9.18 Å². The van der Waals surface area contributed by atoms with Gasteiger partial charge in [0.15, 0.2) is 0 Å². The average Bonchev–Trinajstić information content (AvgIpc) is 3.40. The van der Waals surface area contributed by atoms with Crippen LogP contribution in [0.15, 0.2) is 36.4 Å². The number of hydrogen-bond acceptors (Lipinski definition) is 1. The Labute approximate surface area is 160 Å². The van der Waals surface area contributed by atoms with Crippen LogP contribution >= 0.6 is 0 Å². The molecule has 2 aliphatic carbocycles. The van der Waals surface area contributed by atoms with E-state index in [1.807, 2.05) is 12.1 Å². The van der Waals surface area contributed by atoms with E-state index in [-0.39, 0.29) is 27.6 Å². The van der Waals surface area contributed by atoms with Gasteiger partial charge >= 0.3 is 5.97 Å². The van der Waals surface area contributed by atoms with Crippen molar-refractivity contribution in [3.63, 3.8) is 0 Å². The van der Waals surface area contributed by atoms with Crippen LogP contribution in [0.3, 0.4) is 0 Å². The number of rotatable bonds is 3. The molecule has 1 saturated carbocycles. The second-order valence-corrected chi connectivity index (χ2v) is 9.61. The van der Waals surface area contributed by atoms with E-state index in [4.69, 9.17) is 5.11 Å². The van der Waals surface area contributed by atoms with Crippen molar-refractivity contribution in [2.75, 3.05) is 0 Å². The molecule has 1 fully saturated rings. The zero-order chi connectivity index (χ0) is 19.6. The molecule has 2 aromatic rings. The minimum atomic E-state index is -0.935. The first-order valence-electron chi connectivity index (χ1n) is 9.76. The van der Waals surface area contributed by atoms with Crippen molar-refractivity contribution >= 4 is 5.97 Å². The van der Waals surface area contributed by atoms with Gasteiger partial charge in [-0.2, -0.15) is 0 Å². The molecule has 0 aliphatic heterocycles. The number of halogens is 1. The number of fused-ring (bicyclic) bond motifs is 1. The summed E-state index contributed by atoms with van der Waals surface area (Å²) >= 11 is 0. The van der Waals surface area contributed by atoms with Crippen LogP contribution in [0.4, 0.5) is 4.39 Å². The third kappa shape index (κ3) is 2.79. The Bertz CT molecular complexity index is 918. The largest absolute Gasteiger partial charge is 0.478 e. The van der Waals surface area contributed by atoms with E-state index in [0.717, 1.165) is 42.4 Å². The minimum absolute atomic E-state index is 0.00985. The molecular weight excluding hydrogens is 339 g/mol. The number of aromatic carboxylic acids is 1. The molecule has 0 heterocycles. The fourth-order valence-corrected chi connectivity index (χ4v) is 4.72. The van der Waals surface area contributed by atoms with Gasteiger partial charge in [0.25, 0.3) is 0 Å². The molecule has 142 valence electrons. The molecule has 27 heavy (non-hydrogen) atoms. The monoisotopic (exact) mass is 366 g/mol. The third-order valence-corrected chi connectivity index (χ3v) is 6.89. The topological polar surface area (TPSA) is 37.3 Å². The van der Waals surface area contributed by atoms with Gasteiger partial charge < -0.3 is 5.11 Å². The number of carboxylic acid groups (broad SMARTS) is 1. The van der Waals surface area contributed by atoms with E-state index in [9.17, 15) is 4.79 Å². The Kier molecular flexibility index (Phi) is 3.82. The molecule has 0 spiro atoms. The van der Waals surface area contributed by atoms with Crippen LogP contribution < -0.4 is 0 Å². The fourth-order valence-electron chi connectivity index (χ4n) is 4.72. The molecule has 2 aromatic carbocycles. The van der Waals surface area contributed by atoms with Gasteiger partial charge in [0.2, 0.25) is 0 Å². The molecule has 2 nitrogen and oxygen atoms in total. The second kappa shape index (κ2) is 5.67. The summed E-state index contributed by atoms with van der Waals surface area (Å²) in [5, 5.41) is 9.13. The first kappa shape index (κ1) is 18.2. The Morgan fingerprint density at radius 1 is 0.852 bits per heavy atom. The molecule has 0 atom stereocenters. The molecule has 0 amide bonds. The van der Waals surface area contributed by atoms with E-state index < -0.39 is 5.97 Å². The van der Waals surface area contributed by atoms with Gasteiger partial charge in [0.05, 0.1) is 5.56 Å². The number of benzene rings is 2. The number of hydrogen-bond donors (Lipinski definition) is 1. The summed E-state index contributed by atoms with van der Waals surface area (Å²) in [4.78, 5) is 11.1. The summed E-state index contributed by atoms with van der Waals surface area (Å²) < 4.78 is 15.3. The van der Waals surface area contributed by atoms with Crippen molar-refractivity contribution in [1.29, 1.82) is 0 Å². The van der Waals surface area contributed by atoms with Gasteiger partial charge in [-0.3, -0.25) is 0 Å². The molecule has 0 bridgehead atoms. The quantitative estimate of drug-likeness (QED) is 0.728. The lowest BCUT2D eigenvalue weighted by Gasteiger charge is -2.42. The highest BCUT2D eigenvalue weighted by Crippen LogP contribution is 2.56. The lowest BCUT2D eigenvalue weighted by atomic mass is 9.62. The number of carbonyl (C=O) groups is 1. The smallest absolute Gasteiger partial charge is 0.335 e. The van der Waals surface area contributed by atoms with Crippen LogP contribution in [0, 0.1) is 5.82 Å². The van der Waals surface area contributed by atoms with Crippen molar-refractivity contribution < 1.29 is 14.3 Å². The Hall–Kier alpha value is -2.16. The molecule has 3 heteroatoms. The predicted octanol–water partition coefficient (Wildman–Crippen LogP) is 5.95. The maximum atomic E-state index is 15.3. The van der Waals surface area contributed by atoms with Crippen molar-refractivity contribution in [3.05, 3.63) is 70.0 Å². The van der Waals surface area contributed by atoms with Crippen molar-refractivity contribution in [2.24, 2.45) is 0 Å².